The van der Waals surface area contributed by atoms with Crippen LogP contribution in [0.5, 0.6) is 23.0 Å². The lowest BCUT2D eigenvalue weighted by atomic mass is 9.91. The third-order valence-corrected chi connectivity index (χ3v) is 11.5. The van der Waals surface area contributed by atoms with Crippen molar-refractivity contribution in [3.05, 3.63) is 69.4 Å². The Morgan fingerprint density at radius 2 is 0.517 bits per heavy atom. The summed E-state index contributed by atoms with van der Waals surface area (Å²) in [6.07, 6.45) is 20.6. The standard InChI is InChI=1S/C52H68O8/c1-5-9-13-17-21-33-41(53)57-49-37-29-25-26-30-38(37)50(58-42(54)34-22-18-14-10-6-2)46-45(49)47-48(46)52(60-44(56)36-24-20-16-12-8-4)40-32-28-27-31-39(40)51(47)59-43(55)35-23-19-15-11-7-3/h25-32H,5-24,33-36H2,1-4H3. The molecule has 4 aromatic rings. The number of carbonyl (C=O) groups is 4. The number of hydrogen-bond donors (Lipinski definition) is 0. The van der Waals surface area contributed by atoms with Crippen molar-refractivity contribution < 1.29 is 38.1 Å². The Morgan fingerprint density at radius 3 is 0.717 bits per heavy atom. The van der Waals surface area contributed by atoms with Crippen molar-refractivity contribution >= 4 is 45.4 Å². The number of esters is 4. The van der Waals surface area contributed by atoms with Crippen molar-refractivity contribution in [3.63, 3.8) is 0 Å². The molecule has 0 bridgehead atoms. The highest BCUT2D eigenvalue weighted by Gasteiger charge is 2.30. The maximum absolute atomic E-state index is 13.7. The number of fused-ring (bicyclic) bond motifs is 4. The van der Waals surface area contributed by atoms with Crippen LogP contribution in [0.1, 0.15) is 182 Å². The highest BCUT2D eigenvalue weighted by atomic mass is 16.6. The van der Waals surface area contributed by atoms with Crippen LogP contribution >= 0.6 is 0 Å². The number of benzene rings is 4. The summed E-state index contributed by atoms with van der Waals surface area (Å²) in [6, 6.07) is 14.9. The fourth-order valence-electron chi connectivity index (χ4n) is 8.22. The summed E-state index contributed by atoms with van der Waals surface area (Å²) >= 11 is 0. The van der Waals surface area contributed by atoms with Gasteiger partial charge in [-0.2, -0.15) is 0 Å². The summed E-state index contributed by atoms with van der Waals surface area (Å²) in [4.78, 5) is 54.9. The van der Waals surface area contributed by atoms with Gasteiger partial charge in [-0.25, -0.2) is 0 Å². The van der Waals surface area contributed by atoms with Crippen LogP contribution in [0.15, 0.2) is 48.5 Å². The molecule has 8 nitrogen and oxygen atoms in total. The molecule has 0 heterocycles. The van der Waals surface area contributed by atoms with Crippen molar-refractivity contribution in [3.8, 4) is 23.0 Å². The van der Waals surface area contributed by atoms with Gasteiger partial charge in [0, 0.05) is 68.1 Å². The second-order valence-electron chi connectivity index (χ2n) is 16.5. The van der Waals surface area contributed by atoms with Crippen molar-refractivity contribution in [2.45, 2.75) is 182 Å². The molecular formula is C52H68O8. The number of unbranched alkanes of at least 4 members (excludes halogenated alkanes) is 16. The highest BCUT2D eigenvalue weighted by Crippen LogP contribution is 2.47. The molecule has 0 fully saturated rings. The molecule has 0 atom stereocenters. The third-order valence-electron chi connectivity index (χ3n) is 11.5. The fourth-order valence-corrected chi connectivity index (χ4v) is 8.22. The van der Waals surface area contributed by atoms with E-state index in [0.29, 0.717) is 91.1 Å². The topological polar surface area (TPSA) is 105 Å². The first kappa shape index (κ1) is 46.3. The summed E-state index contributed by atoms with van der Waals surface area (Å²) in [7, 11) is 0. The molecule has 324 valence electrons. The van der Waals surface area contributed by atoms with Gasteiger partial charge in [-0.1, -0.05) is 179 Å². The summed E-state index contributed by atoms with van der Waals surface area (Å²) in [5, 5.41) is 4.39. The van der Waals surface area contributed by atoms with Crippen molar-refractivity contribution in [2.24, 2.45) is 0 Å². The van der Waals surface area contributed by atoms with E-state index in [9.17, 15) is 19.2 Å². The second-order valence-corrected chi connectivity index (χ2v) is 16.5. The lowest BCUT2D eigenvalue weighted by Gasteiger charge is -2.22. The monoisotopic (exact) mass is 820 g/mol. The average molecular weight is 821 g/mol. The first-order valence-electron chi connectivity index (χ1n) is 23.3. The Morgan fingerprint density at radius 1 is 0.317 bits per heavy atom. The quantitative estimate of drug-likeness (QED) is 0.0279. The predicted octanol–water partition coefficient (Wildman–Crippen LogP) is 13.9. The van der Waals surface area contributed by atoms with Crippen LogP contribution in [-0.2, 0) is 19.2 Å². The van der Waals surface area contributed by atoms with Crippen molar-refractivity contribution in [1.29, 1.82) is 0 Å². The van der Waals surface area contributed by atoms with E-state index in [-0.39, 0.29) is 49.6 Å². The van der Waals surface area contributed by atoms with E-state index in [2.05, 4.69) is 27.7 Å². The minimum Gasteiger partial charge on any atom is -0.425 e. The molecule has 0 aromatic heterocycles. The zero-order valence-electron chi connectivity index (χ0n) is 36.9. The molecule has 0 unspecified atom stereocenters. The first-order chi connectivity index (χ1) is 29.3. The van der Waals surface area contributed by atoms with Crippen LogP contribution in [-0.4, -0.2) is 23.9 Å². The lowest BCUT2D eigenvalue weighted by Crippen LogP contribution is -2.16. The van der Waals surface area contributed by atoms with E-state index >= 15 is 0 Å². The smallest absolute Gasteiger partial charge is 0.311 e. The number of hydrogen-bond acceptors (Lipinski definition) is 8. The molecule has 4 aromatic carbocycles. The highest BCUT2D eigenvalue weighted by molar-refractivity contribution is 6.01. The average Bonchev–Trinajstić information content (AvgIpc) is 3.24. The van der Waals surface area contributed by atoms with Gasteiger partial charge in [0.05, 0.1) is 0 Å². The Kier molecular flexibility index (Phi) is 18.9. The molecule has 0 radical (unpaired) electrons. The van der Waals surface area contributed by atoms with Gasteiger partial charge >= 0.3 is 23.9 Å². The summed E-state index contributed by atoms with van der Waals surface area (Å²) < 4.78 is 25.5. The van der Waals surface area contributed by atoms with Crippen LogP contribution in [0.2, 0.25) is 0 Å². The maximum Gasteiger partial charge on any atom is 0.311 e. The molecule has 8 heteroatoms. The van der Waals surface area contributed by atoms with Gasteiger partial charge in [0.15, 0.2) is 0 Å². The fraction of sp³-hybridized carbons (Fsp3) is 0.538. The largest absolute Gasteiger partial charge is 0.425 e. The molecule has 0 spiro atoms. The Balaban J connectivity index is 1.74. The number of ether oxygens (including phenoxy) is 4. The van der Waals surface area contributed by atoms with E-state index in [1.165, 1.54) is 0 Å². The number of carbonyl (C=O) groups excluding carboxylic acids is 4. The maximum atomic E-state index is 13.7. The van der Waals surface area contributed by atoms with Gasteiger partial charge in [-0.15, -0.1) is 0 Å². The van der Waals surface area contributed by atoms with Gasteiger partial charge in [-0.05, 0) is 25.7 Å². The normalized spacial score (nSPS) is 11.5. The molecule has 1 aliphatic rings. The zero-order valence-corrected chi connectivity index (χ0v) is 36.9. The second kappa shape index (κ2) is 24.5. The van der Waals surface area contributed by atoms with Crippen LogP contribution in [0, 0.1) is 20.9 Å². The molecule has 0 aliphatic heterocycles. The van der Waals surface area contributed by atoms with E-state index in [4.69, 9.17) is 18.9 Å². The van der Waals surface area contributed by atoms with Crippen molar-refractivity contribution in [2.75, 3.05) is 0 Å². The molecule has 60 heavy (non-hydrogen) atoms. The van der Waals surface area contributed by atoms with Crippen molar-refractivity contribution in [1.82, 2.24) is 0 Å². The Hall–Kier alpha value is -4.72. The number of rotatable bonds is 28. The van der Waals surface area contributed by atoms with Gasteiger partial charge in [-0.3, -0.25) is 19.2 Å². The minimum absolute atomic E-state index is 0.243. The molecular weight excluding hydrogens is 753 g/mol. The molecule has 0 saturated heterocycles. The molecule has 5 rings (SSSR count). The summed E-state index contributed by atoms with van der Waals surface area (Å²) in [5.41, 5.74) is 0. The molecule has 1 aliphatic carbocycles. The molecule has 0 N–H and O–H groups in total. The lowest BCUT2D eigenvalue weighted by molar-refractivity contribution is -0.135. The van der Waals surface area contributed by atoms with E-state index in [1.807, 2.05) is 48.5 Å². The molecule has 0 saturated carbocycles. The van der Waals surface area contributed by atoms with Crippen LogP contribution in [0.3, 0.4) is 0 Å². The third kappa shape index (κ3) is 12.2. The van der Waals surface area contributed by atoms with Gasteiger partial charge < -0.3 is 18.9 Å². The van der Waals surface area contributed by atoms with E-state index in [0.717, 1.165) is 103 Å². The Bertz CT molecular complexity index is 1930. The van der Waals surface area contributed by atoms with Crippen LogP contribution in [0.25, 0.3) is 21.5 Å². The predicted molar refractivity (Wildman–Crippen MR) is 239 cm³/mol. The van der Waals surface area contributed by atoms with Gasteiger partial charge in [0.2, 0.25) is 0 Å². The minimum atomic E-state index is -0.370. The van der Waals surface area contributed by atoms with Gasteiger partial charge in [0.25, 0.3) is 0 Å². The van der Waals surface area contributed by atoms with Crippen LogP contribution < -0.4 is 18.9 Å². The zero-order chi connectivity index (χ0) is 42.7. The molecule has 0 amide bonds. The van der Waals surface area contributed by atoms with Gasteiger partial charge in [0.1, 0.15) is 23.0 Å². The van der Waals surface area contributed by atoms with E-state index in [1.54, 1.807) is 0 Å². The SMILES string of the molecule is CCCCCCCC(=O)Oc1c2c(c(OC(=O)CCCCCCC)c3ccccc13)=c1c(OC(=O)CCCCCCC)c3ccccc3c(OC(=O)CCCCCCC)c1=2. The summed E-state index contributed by atoms with van der Waals surface area (Å²) in [6.45, 7) is 8.64. The van der Waals surface area contributed by atoms with E-state index < -0.39 is 0 Å². The first-order valence-corrected chi connectivity index (χ1v) is 23.3. The van der Waals surface area contributed by atoms with Crippen LogP contribution in [0.4, 0.5) is 0 Å². The Labute approximate surface area is 356 Å². The summed E-state index contributed by atoms with van der Waals surface area (Å²) in [5.74, 6) is -0.235.